The summed E-state index contributed by atoms with van der Waals surface area (Å²) < 4.78 is 10.5. The quantitative estimate of drug-likeness (QED) is 0.737. The fourth-order valence-electron chi connectivity index (χ4n) is 2.08. The highest BCUT2D eigenvalue weighted by Crippen LogP contribution is 2.28. The van der Waals surface area contributed by atoms with Crippen LogP contribution < -0.4 is 9.64 Å². The largest absolute Gasteiger partial charge is 0.497 e. The van der Waals surface area contributed by atoms with Crippen LogP contribution in [0.2, 0.25) is 0 Å². The maximum absolute atomic E-state index is 5.33. The van der Waals surface area contributed by atoms with Gasteiger partial charge in [0.1, 0.15) is 11.4 Å². The summed E-state index contributed by atoms with van der Waals surface area (Å²) in [6, 6.07) is 11.2. The van der Waals surface area contributed by atoms with Gasteiger partial charge in [-0.25, -0.2) is 4.98 Å². The van der Waals surface area contributed by atoms with E-state index >= 15 is 0 Å². The van der Waals surface area contributed by atoms with Crippen molar-refractivity contribution in [1.29, 1.82) is 0 Å². The van der Waals surface area contributed by atoms with E-state index in [1.807, 2.05) is 49.3 Å². The molecule has 0 radical (unpaired) electrons. The van der Waals surface area contributed by atoms with Gasteiger partial charge in [-0.3, -0.25) is 0 Å². The van der Waals surface area contributed by atoms with Gasteiger partial charge in [0.2, 0.25) is 5.82 Å². The summed E-state index contributed by atoms with van der Waals surface area (Å²) in [4.78, 5) is 6.46. The molecular weight excluding hydrogens is 280 g/mol. The zero-order chi connectivity index (χ0) is 15.5. The molecule has 112 valence electrons. The standard InChI is InChI=1S/C16H16N4O2/c1-20(2)16-14(11-6-8-12(21-3)9-7-11)18-19-15(17-16)13-5-4-10-22-13/h4-10H,1-3H3. The number of nitrogens with zero attached hydrogens (tertiary/aromatic N) is 4. The minimum absolute atomic E-state index is 0.464. The molecule has 0 N–H and O–H groups in total. The Labute approximate surface area is 128 Å². The first kappa shape index (κ1) is 14.1. The molecule has 0 saturated heterocycles. The van der Waals surface area contributed by atoms with Crippen molar-refractivity contribution >= 4 is 5.82 Å². The molecule has 1 aromatic carbocycles. The number of furan rings is 1. The molecule has 0 fully saturated rings. The Morgan fingerprint density at radius 1 is 1.05 bits per heavy atom. The fourth-order valence-corrected chi connectivity index (χ4v) is 2.08. The number of ether oxygens (including phenoxy) is 1. The van der Waals surface area contributed by atoms with E-state index in [9.17, 15) is 0 Å². The van der Waals surface area contributed by atoms with Crippen LogP contribution in [0.3, 0.4) is 0 Å². The Hall–Kier alpha value is -2.89. The highest BCUT2D eigenvalue weighted by atomic mass is 16.5. The van der Waals surface area contributed by atoms with Crippen LogP contribution in [0.1, 0.15) is 0 Å². The number of hydrogen-bond acceptors (Lipinski definition) is 6. The lowest BCUT2D eigenvalue weighted by Crippen LogP contribution is -2.14. The molecule has 3 aromatic rings. The molecule has 0 bridgehead atoms. The van der Waals surface area contributed by atoms with Crippen molar-refractivity contribution in [2.75, 3.05) is 26.1 Å². The van der Waals surface area contributed by atoms with Crippen molar-refractivity contribution in [3.8, 4) is 28.6 Å². The first-order valence-corrected chi connectivity index (χ1v) is 6.79. The van der Waals surface area contributed by atoms with Crippen LogP contribution in [0.15, 0.2) is 47.1 Å². The summed E-state index contributed by atoms with van der Waals surface area (Å²) in [5.41, 5.74) is 1.64. The molecule has 2 aromatic heterocycles. The monoisotopic (exact) mass is 296 g/mol. The molecule has 2 heterocycles. The van der Waals surface area contributed by atoms with Gasteiger partial charge in [-0.05, 0) is 36.4 Å². The van der Waals surface area contributed by atoms with E-state index in [1.165, 1.54) is 0 Å². The Morgan fingerprint density at radius 2 is 1.82 bits per heavy atom. The van der Waals surface area contributed by atoms with Gasteiger partial charge < -0.3 is 14.1 Å². The van der Waals surface area contributed by atoms with Gasteiger partial charge in [0, 0.05) is 19.7 Å². The van der Waals surface area contributed by atoms with Crippen LogP contribution in [0.4, 0.5) is 5.82 Å². The average molecular weight is 296 g/mol. The third-order valence-corrected chi connectivity index (χ3v) is 3.20. The van der Waals surface area contributed by atoms with Crippen LogP contribution in [0.25, 0.3) is 22.8 Å². The number of methoxy groups -OCH3 is 1. The summed E-state index contributed by atoms with van der Waals surface area (Å²) in [7, 11) is 5.48. The molecule has 0 aliphatic heterocycles. The molecule has 0 saturated carbocycles. The van der Waals surface area contributed by atoms with E-state index in [0.717, 1.165) is 17.1 Å². The minimum atomic E-state index is 0.464. The normalized spacial score (nSPS) is 10.5. The van der Waals surface area contributed by atoms with E-state index < -0.39 is 0 Å². The number of rotatable bonds is 4. The van der Waals surface area contributed by atoms with Gasteiger partial charge in [0.25, 0.3) is 0 Å². The van der Waals surface area contributed by atoms with Crippen LogP contribution in [-0.2, 0) is 0 Å². The maximum Gasteiger partial charge on any atom is 0.219 e. The molecular formula is C16H16N4O2. The summed E-state index contributed by atoms with van der Waals surface area (Å²) in [5, 5.41) is 8.50. The predicted octanol–water partition coefficient (Wildman–Crippen LogP) is 2.87. The van der Waals surface area contributed by atoms with Crippen molar-refractivity contribution in [2.24, 2.45) is 0 Å². The van der Waals surface area contributed by atoms with Crippen molar-refractivity contribution in [3.63, 3.8) is 0 Å². The second kappa shape index (κ2) is 5.85. The highest BCUT2D eigenvalue weighted by Gasteiger charge is 2.15. The molecule has 0 aliphatic carbocycles. The van der Waals surface area contributed by atoms with Gasteiger partial charge in [0.15, 0.2) is 11.6 Å². The molecule has 0 unspecified atom stereocenters. The Balaban J connectivity index is 2.06. The molecule has 0 atom stereocenters. The van der Waals surface area contributed by atoms with E-state index in [4.69, 9.17) is 9.15 Å². The SMILES string of the molecule is COc1ccc(-c2nnc(-c3ccco3)nc2N(C)C)cc1. The van der Waals surface area contributed by atoms with Crippen LogP contribution in [-0.4, -0.2) is 36.4 Å². The topological polar surface area (TPSA) is 64.3 Å². The number of benzene rings is 1. The second-order valence-corrected chi connectivity index (χ2v) is 4.91. The summed E-state index contributed by atoms with van der Waals surface area (Å²) in [6.07, 6.45) is 1.59. The number of anilines is 1. The Morgan fingerprint density at radius 3 is 2.41 bits per heavy atom. The Bertz CT molecular complexity index is 752. The minimum Gasteiger partial charge on any atom is -0.497 e. The number of hydrogen-bond donors (Lipinski definition) is 0. The summed E-state index contributed by atoms with van der Waals surface area (Å²) >= 11 is 0. The first-order chi connectivity index (χ1) is 10.7. The van der Waals surface area contributed by atoms with E-state index in [0.29, 0.717) is 17.3 Å². The van der Waals surface area contributed by atoms with Gasteiger partial charge in [-0.2, -0.15) is 0 Å². The van der Waals surface area contributed by atoms with Crippen molar-refractivity contribution in [3.05, 3.63) is 42.7 Å². The van der Waals surface area contributed by atoms with E-state index in [-0.39, 0.29) is 0 Å². The predicted molar refractivity (Wildman–Crippen MR) is 83.8 cm³/mol. The average Bonchev–Trinajstić information content (AvgIpc) is 3.09. The fraction of sp³-hybridized carbons (Fsp3) is 0.188. The summed E-state index contributed by atoms with van der Waals surface area (Å²) in [5.74, 6) is 2.58. The van der Waals surface area contributed by atoms with E-state index in [1.54, 1.807) is 19.4 Å². The van der Waals surface area contributed by atoms with Gasteiger partial charge >= 0.3 is 0 Å². The van der Waals surface area contributed by atoms with Gasteiger partial charge in [-0.15, -0.1) is 10.2 Å². The van der Waals surface area contributed by atoms with Crippen molar-refractivity contribution < 1.29 is 9.15 Å². The Kier molecular flexibility index (Phi) is 3.74. The first-order valence-electron chi connectivity index (χ1n) is 6.79. The summed E-state index contributed by atoms with van der Waals surface area (Å²) in [6.45, 7) is 0. The lowest BCUT2D eigenvalue weighted by atomic mass is 10.1. The van der Waals surface area contributed by atoms with E-state index in [2.05, 4.69) is 15.2 Å². The molecule has 0 spiro atoms. The number of aromatic nitrogens is 3. The highest BCUT2D eigenvalue weighted by molar-refractivity contribution is 5.73. The lowest BCUT2D eigenvalue weighted by molar-refractivity contribution is 0.415. The molecule has 3 rings (SSSR count). The smallest absolute Gasteiger partial charge is 0.219 e. The van der Waals surface area contributed by atoms with Crippen molar-refractivity contribution in [1.82, 2.24) is 15.2 Å². The molecule has 0 aliphatic rings. The maximum atomic E-state index is 5.33. The van der Waals surface area contributed by atoms with Crippen LogP contribution in [0.5, 0.6) is 5.75 Å². The lowest BCUT2D eigenvalue weighted by Gasteiger charge is -2.15. The molecule has 6 nitrogen and oxygen atoms in total. The molecule has 22 heavy (non-hydrogen) atoms. The third-order valence-electron chi connectivity index (χ3n) is 3.20. The molecule has 6 heteroatoms. The second-order valence-electron chi connectivity index (χ2n) is 4.91. The zero-order valence-corrected chi connectivity index (χ0v) is 12.6. The van der Waals surface area contributed by atoms with Gasteiger partial charge in [-0.1, -0.05) is 0 Å². The zero-order valence-electron chi connectivity index (χ0n) is 12.6. The third kappa shape index (κ3) is 2.63. The van der Waals surface area contributed by atoms with Crippen molar-refractivity contribution in [2.45, 2.75) is 0 Å². The van der Waals surface area contributed by atoms with Gasteiger partial charge in [0.05, 0.1) is 13.4 Å². The molecule has 0 amide bonds. The van der Waals surface area contributed by atoms with Crippen LogP contribution >= 0.6 is 0 Å². The van der Waals surface area contributed by atoms with Crippen LogP contribution in [0, 0.1) is 0 Å².